The molecule has 0 aliphatic carbocycles. The first-order valence-corrected chi connectivity index (χ1v) is 9.82. The summed E-state index contributed by atoms with van der Waals surface area (Å²) >= 11 is 0. The Kier molecular flexibility index (Phi) is 8.19. The molecule has 0 bridgehead atoms. The van der Waals surface area contributed by atoms with Gasteiger partial charge < -0.3 is 15.4 Å². The smallest absolute Gasteiger partial charge is 0.422 e. The zero-order chi connectivity index (χ0) is 19.8. The Morgan fingerprint density at radius 3 is 2.54 bits per heavy atom. The molecule has 0 saturated heterocycles. The number of aryl methyl sites for hydroxylation is 1. The topological polar surface area (TPSA) is 79.8 Å². The number of hydrogen-bond acceptors (Lipinski definition) is 4. The van der Waals surface area contributed by atoms with Gasteiger partial charge in [-0.25, -0.2) is 8.42 Å². The number of alkyl halides is 3. The van der Waals surface area contributed by atoms with Gasteiger partial charge in [0.15, 0.2) is 22.4 Å². The molecule has 0 atom stereocenters. The summed E-state index contributed by atoms with van der Waals surface area (Å²) in [5, 5.41) is 5.79. The fourth-order valence-corrected chi connectivity index (χ4v) is 2.67. The van der Waals surface area contributed by atoms with Crippen LogP contribution in [0.1, 0.15) is 18.1 Å². The second kappa shape index (κ2) is 9.65. The standard InChI is InChI=1S/C16H24F3N3O3S/c1-4-26(23,24)8-7-21-15(20-3)22-10-13-6-5-12(2)9-14(13)25-11-16(17,18)19/h5-6,9H,4,7-8,10-11H2,1-3H3,(H2,20,21,22). The first-order valence-electron chi connectivity index (χ1n) is 8.00. The zero-order valence-electron chi connectivity index (χ0n) is 15.0. The van der Waals surface area contributed by atoms with Crippen molar-refractivity contribution >= 4 is 15.8 Å². The van der Waals surface area contributed by atoms with Gasteiger partial charge >= 0.3 is 6.18 Å². The van der Waals surface area contributed by atoms with Gasteiger partial charge in [-0.05, 0) is 18.6 Å². The lowest BCUT2D eigenvalue weighted by atomic mass is 10.1. The lowest BCUT2D eigenvalue weighted by Crippen LogP contribution is -2.39. The molecule has 1 rings (SSSR count). The van der Waals surface area contributed by atoms with Crippen LogP contribution in [0.4, 0.5) is 13.2 Å². The molecule has 0 spiro atoms. The fraction of sp³-hybridized carbons (Fsp3) is 0.562. The molecule has 1 aromatic rings. The molecule has 26 heavy (non-hydrogen) atoms. The van der Waals surface area contributed by atoms with Gasteiger partial charge in [-0.1, -0.05) is 19.1 Å². The van der Waals surface area contributed by atoms with Gasteiger partial charge in [0, 0.05) is 31.5 Å². The van der Waals surface area contributed by atoms with E-state index in [1.807, 2.05) is 0 Å². The third-order valence-corrected chi connectivity index (χ3v) is 5.14. The first kappa shape index (κ1) is 22.1. The predicted molar refractivity (Wildman–Crippen MR) is 95.3 cm³/mol. The minimum Gasteiger partial charge on any atom is -0.484 e. The van der Waals surface area contributed by atoms with Gasteiger partial charge in [-0.15, -0.1) is 0 Å². The summed E-state index contributed by atoms with van der Waals surface area (Å²) < 4.78 is 65.0. The molecule has 148 valence electrons. The van der Waals surface area contributed by atoms with Gasteiger partial charge in [0.2, 0.25) is 0 Å². The number of nitrogens with one attached hydrogen (secondary N) is 2. The third kappa shape index (κ3) is 8.41. The van der Waals surface area contributed by atoms with Crippen LogP contribution < -0.4 is 15.4 Å². The lowest BCUT2D eigenvalue weighted by Gasteiger charge is -2.16. The quantitative estimate of drug-likeness (QED) is 0.520. The first-order chi connectivity index (χ1) is 12.1. The highest BCUT2D eigenvalue weighted by molar-refractivity contribution is 7.91. The molecule has 0 amide bonds. The molecule has 0 radical (unpaired) electrons. The van der Waals surface area contributed by atoms with Crippen molar-refractivity contribution in [2.75, 3.05) is 31.7 Å². The maximum atomic E-state index is 12.4. The molecule has 0 saturated carbocycles. The van der Waals surface area contributed by atoms with E-state index < -0.39 is 22.6 Å². The maximum absolute atomic E-state index is 12.4. The van der Waals surface area contributed by atoms with Crippen molar-refractivity contribution in [3.8, 4) is 5.75 Å². The predicted octanol–water partition coefficient (Wildman–Crippen LogP) is 2.04. The van der Waals surface area contributed by atoms with Crippen molar-refractivity contribution in [1.29, 1.82) is 0 Å². The van der Waals surface area contributed by atoms with Crippen molar-refractivity contribution in [2.24, 2.45) is 4.99 Å². The number of benzene rings is 1. The van der Waals surface area contributed by atoms with Crippen LogP contribution in [0.5, 0.6) is 5.75 Å². The highest BCUT2D eigenvalue weighted by atomic mass is 32.2. The van der Waals surface area contributed by atoms with Gasteiger partial charge in [-0.2, -0.15) is 13.2 Å². The maximum Gasteiger partial charge on any atom is 0.422 e. The SMILES string of the molecule is CCS(=O)(=O)CCNC(=NC)NCc1ccc(C)cc1OCC(F)(F)F. The number of hydrogen-bond donors (Lipinski definition) is 2. The van der Waals surface area contributed by atoms with Crippen LogP contribution in [0.3, 0.4) is 0 Å². The Balaban J connectivity index is 2.67. The Labute approximate surface area is 151 Å². The summed E-state index contributed by atoms with van der Waals surface area (Å²) in [4.78, 5) is 3.96. The van der Waals surface area contributed by atoms with Crippen LogP contribution in [0, 0.1) is 6.92 Å². The van der Waals surface area contributed by atoms with Crippen LogP contribution in [0.2, 0.25) is 0 Å². The fourth-order valence-electron chi connectivity index (χ4n) is 1.97. The Hall–Kier alpha value is -1.97. The minimum atomic E-state index is -4.42. The lowest BCUT2D eigenvalue weighted by molar-refractivity contribution is -0.153. The molecule has 0 aliphatic heterocycles. The van der Waals surface area contributed by atoms with Gasteiger partial charge in [0.1, 0.15) is 5.75 Å². The largest absolute Gasteiger partial charge is 0.484 e. The molecule has 0 heterocycles. The summed E-state index contributed by atoms with van der Waals surface area (Å²) in [5.74, 6) is 0.510. The molecule has 0 fully saturated rings. The zero-order valence-corrected chi connectivity index (χ0v) is 15.8. The third-order valence-electron chi connectivity index (χ3n) is 3.43. The average molecular weight is 395 g/mol. The van der Waals surface area contributed by atoms with Crippen LogP contribution >= 0.6 is 0 Å². The number of guanidine groups is 1. The summed E-state index contributed by atoms with van der Waals surface area (Å²) in [5.41, 5.74) is 1.31. The van der Waals surface area contributed by atoms with Crippen LogP contribution in [0.15, 0.2) is 23.2 Å². The van der Waals surface area contributed by atoms with Crippen molar-refractivity contribution in [3.05, 3.63) is 29.3 Å². The van der Waals surface area contributed by atoms with Crippen molar-refractivity contribution in [1.82, 2.24) is 10.6 Å². The summed E-state index contributed by atoms with van der Waals surface area (Å²) in [6.45, 7) is 2.31. The number of nitrogens with zero attached hydrogens (tertiary/aromatic N) is 1. The van der Waals surface area contributed by atoms with Gasteiger partial charge in [-0.3, -0.25) is 4.99 Å². The van der Waals surface area contributed by atoms with Crippen LogP contribution in [0.25, 0.3) is 0 Å². The number of halogens is 3. The van der Waals surface area contributed by atoms with Gasteiger partial charge in [0.25, 0.3) is 0 Å². The van der Waals surface area contributed by atoms with E-state index in [2.05, 4.69) is 15.6 Å². The van der Waals surface area contributed by atoms with E-state index >= 15 is 0 Å². The monoisotopic (exact) mass is 395 g/mol. The Morgan fingerprint density at radius 1 is 1.27 bits per heavy atom. The molecule has 0 unspecified atom stereocenters. The van der Waals surface area contributed by atoms with E-state index in [9.17, 15) is 21.6 Å². The molecular formula is C16H24F3N3O3S. The van der Waals surface area contributed by atoms with E-state index in [-0.39, 0.29) is 30.3 Å². The molecular weight excluding hydrogens is 371 g/mol. The summed E-state index contributed by atoms with van der Waals surface area (Å²) in [6.07, 6.45) is -4.42. The molecule has 6 nitrogen and oxygen atoms in total. The van der Waals surface area contributed by atoms with E-state index in [0.717, 1.165) is 5.56 Å². The molecule has 2 N–H and O–H groups in total. The highest BCUT2D eigenvalue weighted by Gasteiger charge is 2.28. The second-order valence-corrected chi connectivity index (χ2v) is 8.08. The van der Waals surface area contributed by atoms with E-state index in [1.165, 1.54) is 13.1 Å². The number of ether oxygens (including phenoxy) is 1. The molecule has 1 aromatic carbocycles. The van der Waals surface area contributed by atoms with E-state index in [4.69, 9.17) is 4.74 Å². The van der Waals surface area contributed by atoms with Gasteiger partial charge in [0.05, 0.1) is 5.75 Å². The van der Waals surface area contributed by atoms with Crippen molar-refractivity contribution in [3.63, 3.8) is 0 Å². The van der Waals surface area contributed by atoms with Crippen LogP contribution in [-0.4, -0.2) is 52.3 Å². The minimum absolute atomic E-state index is 0.0331. The van der Waals surface area contributed by atoms with Crippen molar-refractivity contribution < 1.29 is 26.3 Å². The second-order valence-electron chi connectivity index (χ2n) is 5.60. The Morgan fingerprint density at radius 2 is 1.96 bits per heavy atom. The summed E-state index contributed by atoms with van der Waals surface area (Å²) in [7, 11) is -1.58. The number of rotatable bonds is 8. The van der Waals surface area contributed by atoms with E-state index in [0.29, 0.717) is 11.5 Å². The van der Waals surface area contributed by atoms with Crippen molar-refractivity contribution in [2.45, 2.75) is 26.6 Å². The normalized spacial score (nSPS) is 12.8. The molecule has 0 aromatic heterocycles. The highest BCUT2D eigenvalue weighted by Crippen LogP contribution is 2.23. The average Bonchev–Trinajstić information content (AvgIpc) is 2.56. The van der Waals surface area contributed by atoms with E-state index in [1.54, 1.807) is 26.0 Å². The molecule has 10 heteroatoms. The molecule has 0 aliphatic rings. The number of sulfone groups is 1. The summed E-state index contributed by atoms with van der Waals surface area (Å²) in [6, 6.07) is 4.97. The Bertz CT molecular complexity index is 719. The number of aliphatic imine (C=N–C) groups is 1. The van der Waals surface area contributed by atoms with Crippen LogP contribution in [-0.2, 0) is 16.4 Å².